The van der Waals surface area contributed by atoms with Gasteiger partial charge in [-0.1, -0.05) is 17.7 Å². The van der Waals surface area contributed by atoms with Gasteiger partial charge in [0.05, 0.1) is 6.10 Å². The summed E-state index contributed by atoms with van der Waals surface area (Å²) in [6, 6.07) is 8.66. The Balaban J connectivity index is 2.53. The fraction of sp³-hybridized carbons (Fsp3) is 0.600. The third-order valence-corrected chi connectivity index (χ3v) is 3.17. The van der Waals surface area contributed by atoms with E-state index in [9.17, 15) is 0 Å². The van der Waals surface area contributed by atoms with Crippen LogP contribution in [0, 0.1) is 6.92 Å². The average molecular weight is 250 g/mol. The molecule has 0 fully saturated rings. The van der Waals surface area contributed by atoms with Crippen LogP contribution in [0.1, 0.15) is 25.8 Å². The van der Waals surface area contributed by atoms with Crippen molar-refractivity contribution in [3.63, 3.8) is 0 Å². The Hall–Kier alpha value is -1.06. The number of nitrogens with zero attached hydrogens (tertiary/aromatic N) is 1. The molecule has 1 aromatic rings. The Kier molecular flexibility index (Phi) is 6.76. The van der Waals surface area contributed by atoms with Crippen molar-refractivity contribution in [2.75, 3.05) is 31.1 Å². The lowest BCUT2D eigenvalue weighted by Gasteiger charge is -2.25. The van der Waals surface area contributed by atoms with Gasteiger partial charge in [-0.25, -0.2) is 0 Å². The van der Waals surface area contributed by atoms with Gasteiger partial charge in [-0.15, -0.1) is 0 Å². The van der Waals surface area contributed by atoms with Crippen molar-refractivity contribution in [3.8, 4) is 0 Å². The number of benzene rings is 1. The second kappa shape index (κ2) is 8.11. The van der Waals surface area contributed by atoms with E-state index >= 15 is 0 Å². The van der Waals surface area contributed by atoms with Crippen molar-refractivity contribution < 1.29 is 4.74 Å². The Labute approximate surface area is 111 Å². The fourth-order valence-corrected chi connectivity index (χ4v) is 2.03. The molecule has 1 unspecified atom stereocenters. The van der Waals surface area contributed by atoms with Gasteiger partial charge < -0.3 is 15.4 Å². The van der Waals surface area contributed by atoms with Gasteiger partial charge in [0.2, 0.25) is 0 Å². The van der Waals surface area contributed by atoms with Crippen molar-refractivity contribution in [1.82, 2.24) is 0 Å². The van der Waals surface area contributed by atoms with E-state index in [-0.39, 0.29) is 6.10 Å². The van der Waals surface area contributed by atoms with Crippen LogP contribution in [0.2, 0.25) is 0 Å². The second-order valence-corrected chi connectivity index (χ2v) is 4.52. The molecule has 0 saturated heterocycles. The highest BCUT2D eigenvalue weighted by Gasteiger charge is 2.09. The summed E-state index contributed by atoms with van der Waals surface area (Å²) in [7, 11) is 0. The van der Waals surface area contributed by atoms with Crippen LogP contribution in [0.25, 0.3) is 0 Å². The molecule has 1 rings (SSSR count). The Morgan fingerprint density at radius 2 is 1.89 bits per heavy atom. The zero-order valence-corrected chi connectivity index (χ0v) is 11.9. The van der Waals surface area contributed by atoms with Gasteiger partial charge >= 0.3 is 0 Å². The van der Waals surface area contributed by atoms with Gasteiger partial charge in [0, 0.05) is 31.9 Å². The molecule has 0 amide bonds. The molecule has 0 radical (unpaired) electrons. The Morgan fingerprint density at radius 3 is 2.39 bits per heavy atom. The summed E-state index contributed by atoms with van der Waals surface area (Å²) in [5.41, 5.74) is 8.27. The molecule has 0 heterocycles. The van der Waals surface area contributed by atoms with Crippen LogP contribution in [0.15, 0.2) is 24.3 Å². The lowest BCUT2D eigenvalue weighted by Crippen LogP contribution is -2.31. The van der Waals surface area contributed by atoms with Crippen LogP contribution in [0.4, 0.5) is 5.69 Å². The van der Waals surface area contributed by atoms with E-state index in [0.717, 1.165) is 26.1 Å². The van der Waals surface area contributed by atoms with E-state index in [1.165, 1.54) is 11.3 Å². The molecule has 0 aliphatic carbocycles. The minimum atomic E-state index is 0.175. The zero-order valence-electron chi connectivity index (χ0n) is 11.9. The summed E-state index contributed by atoms with van der Waals surface area (Å²) >= 11 is 0. The van der Waals surface area contributed by atoms with Crippen molar-refractivity contribution >= 4 is 5.69 Å². The molecule has 0 saturated carbocycles. The average Bonchev–Trinajstić information content (AvgIpc) is 2.40. The maximum atomic E-state index is 5.70. The lowest BCUT2D eigenvalue weighted by molar-refractivity contribution is 0.0644. The largest absolute Gasteiger partial charge is 0.377 e. The van der Waals surface area contributed by atoms with Gasteiger partial charge in [0.1, 0.15) is 0 Å². The molecule has 0 bridgehead atoms. The zero-order chi connectivity index (χ0) is 13.4. The molecule has 3 heteroatoms. The third kappa shape index (κ3) is 4.67. The molecule has 2 N–H and O–H groups in total. The summed E-state index contributed by atoms with van der Waals surface area (Å²) in [5.74, 6) is 0. The van der Waals surface area contributed by atoms with Gasteiger partial charge in [0.15, 0.2) is 0 Å². The predicted molar refractivity (Wildman–Crippen MR) is 78.2 cm³/mol. The SMILES string of the molecule is CCOC(CN)CCN(CC)c1ccc(C)cc1. The fourth-order valence-electron chi connectivity index (χ4n) is 2.03. The van der Waals surface area contributed by atoms with Gasteiger partial charge in [-0.2, -0.15) is 0 Å². The number of hydrogen-bond donors (Lipinski definition) is 1. The Bertz CT molecular complexity index is 324. The van der Waals surface area contributed by atoms with Crippen LogP contribution >= 0.6 is 0 Å². The van der Waals surface area contributed by atoms with Crippen LogP contribution in [-0.2, 0) is 4.74 Å². The first-order valence-electron chi connectivity index (χ1n) is 6.84. The van der Waals surface area contributed by atoms with Crippen molar-refractivity contribution in [1.29, 1.82) is 0 Å². The maximum absolute atomic E-state index is 5.70. The lowest BCUT2D eigenvalue weighted by atomic mass is 10.2. The molecule has 0 aromatic heterocycles. The number of aryl methyl sites for hydroxylation is 1. The smallest absolute Gasteiger partial charge is 0.0713 e. The molecule has 18 heavy (non-hydrogen) atoms. The Morgan fingerprint density at radius 1 is 1.22 bits per heavy atom. The number of ether oxygens (including phenoxy) is 1. The highest BCUT2D eigenvalue weighted by molar-refractivity contribution is 5.47. The maximum Gasteiger partial charge on any atom is 0.0713 e. The van der Waals surface area contributed by atoms with Crippen molar-refractivity contribution in [2.45, 2.75) is 33.3 Å². The van der Waals surface area contributed by atoms with Crippen molar-refractivity contribution in [2.24, 2.45) is 5.73 Å². The highest BCUT2D eigenvalue weighted by atomic mass is 16.5. The predicted octanol–water partition coefficient (Wildman–Crippen LogP) is 2.58. The summed E-state index contributed by atoms with van der Waals surface area (Å²) in [5, 5.41) is 0. The number of anilines is 1. The van der Waals surface area contributed by atoms with E-state index < -0.39 is 0 Å². The normalized spacial score (nSPS) is 12.4. The minimum absolute atomic E-state index is 0.175. The summed E-state index contributed by atoms with van der Waals surface area (Å²) < 4.78 is 5.59. The van der Waals surface area contributed by atoms with Gasteiger partial charge in [0.25, 0.3) is 0 Å². The summed E-state index contributed by atoms with van der Waals surface area (Å²) in [4.78, 5) is 2.36. The molecular weight excluding hydrogens is 224 g/mol. The second-order valence-electron chi connectivity index (χ2n) is 4.52. The summed E-state index contributed by atoms with van der Waals surface area (Å²) in [6.45, 7) is 9.63. The van der Waals surface area contributed by atoms with Crippen LogP contribution in [0.3, 0.4) is 0 Å². The molecule has 102 valence electrons. The van der Waals surface area contributed by atoms with E-state index in [1.54, 1.807) is 0 Å². The van der Waals surface area contributed by atoms with E-state index in [1.807, 2.05) is 6.92 Å². The quantitative estimate of drug-likeness (QED) is 0.770. The van der Waals surface area contributed by atoms with Gasteiger partial charge in [-0.05, 0) is 39.3 Å². The molecule has 0 spiro atoms. The van der Waals surface area contributed by atoms with Crippen molar-refractivity contribution in [3.05, 3.63) is 29.8 Å². The van der Waals surface area contributed by atoms with Gasteiger partial charge in [-0.3, -0.25) is 0 Å². The van der Waals surface area contributed by atoms with E-state index in [0.29, 0.717) is 6.54 Å². The first-order chi connectivity index (χ1) is 8.71. The highest BCUT2D eigenvalue weighted by Crippen LogP contribution is 2.15. The van der Waals surface area contributed by atoms with E-state index in [4.69, 9.17) is 10.5 Å². The van der Waals surface area contributed by atoms with E-state index in [2.05, 4.69) is 43.0 Å². The number of rotatable bonds is 8. The van der Waals surface area contributed by atoms with Crippen LogP contribution in [-0.4, -0.2) is 32.3 Å². The molecule has 3 nitrogen and oxygen atoms in total. The molecule has 1 aromatic carbocycles. The monoisotopic (exact) mass is 250 g/mol. The minimum Gasteiger partial charge on any atom is -0.377 e. The number of nitrogens with two attached hydrogens (primary N) is 1. The molecule has 1 atom stereocenters. The molecule has 0 aliphatic rings. The molecular formula is C15H26N2O. The molecule has 0 aliphatic heterocycles. The van der Waals surface area contributed by atoms with Crippen LogP contribution in [0.5, 0.6) is 0 Å². The first-order valence-corrected chi connectivity index (χ1v) is 6.84. The first kappa shape index (κ1) is 15.0. The van der Waals surface area contributed by atoms with Crippen LogP contribution < -0.4 is 10.6 Å². The number of hydrogen-bond acceptors (Lipinski definition) is 3. The summed E-state index contributed by atoms with van der Waals surface area (Å²) in [6.07, 6.45) is 1.15. The topological polar surface area (TPSA) is 38.5 Å². The standard InChI is InChI=1S/C15H26N2O/c1-4-17(11-10-15(12-16)18-5-2)14-8-6-13(3)7-9-14/h6-9,15H,4-5,10-12,16H2,1-3H3. The third-order valence-electron chi connectivity index (χ3n) is 3.17.